The lowest BCUT2D eigenvalue weighted by molar-refractivity contribution is -0.147. The van der Waals surface area contributed by atoms with E-state index in [1.165, 1.54) is 4.90 Å². The normalized spacial score (nSPS) is 16.4. The molecule has 7 heteroatoms. The number of aliphatic carboxylic acids is 1. The van der Waals surface area contributed by atoms with Crippen LogP contribution in [0.1, 0.15) is 25.0 Å². The van der Waals surface area contributed by atoms with Gasteiger partial charge in [0, 0.05) is 37.9 Å². The molecule has 0 aliphatic carbocycles. The van der Waals surface area contributed by atoms with Crippen LogP contribution in [0.4, 0.5) is 0 Å². The second kappa shape index (κ2) is 9.41. The zero-order valence-corrected chi connectivity index (χ0v) is 16.6. The maximum Gasteiger partial charge on any atom is 0.308 e. The predicted molar refractivity (Wildman–Crippen MR) is 109 cm³/mol. The Hall–Kier alpha value is -3.09. The van der Waals surface area contributed by atoms with Gasteiger partial charge in [0.25, 0.3) is 0 Å². The molecule has 2 N–H and O–H groups in total. The van der Waals surface area contributed by atoms with Gasteiger partial charge >= 0.3 is 5.97 Å². The number of carboxylic acid groups (broad SMARTS) is 1. The van der Waals surface area contributed by atoms with E-state index in [2.05, 4.69) is 4.98 Å². The standard InChI is InChI=1S/C22H27N3O4/c1-24(15-21(27)25-13-5-8-17(14-25)22(28)29)20(26)12-10-18-9-11-19(23-18)16-6-3-2-4-7-16/h2-4,6-7,9,11,17,23H,5,8,10,12-15H2,1H3,(H,28,29). The van der Waals surface area contributed by atoms with Gasteiger partial charge in [-0.3, -0.25) is 14.4 Å². The van der Waals surface area contributed by atoms with E-state index in [9.17, 15) is 14.4 Å². The molecule has 2 aromatic rings. The fourth-order valence-corrected chi connectivity index (χ4v) is 3.60. The van der Waals surface area contributed by atoms with Crippen LogP contribution in [0, 0.1) is 5.92 Å². The summed E-state index contributed by atoms with van der Waals surface area (Å²) in [5.74, 6) is -1.69. The summed E-state index contributed by atoms with van der Waals surface area (Å²) >= 11 is 0. The number of aromatic nitrogens is 1. The number of amides is 2. The predicted octanol–water partition coefficient (Wildman–Crippen LogP) is 2.40. The molecule has 0 saturated carbocycles. The second-order valence-corrected chi connectivity index (χ2v) is 7.53. The van der Waals surface area contributed by atoms with Crippen molar-refractivity contribution in [1.82, 2.24) is 14.8 Å². The van der Waals surface area contributed by atoms with Crippen LogP contribution in [0.3, 0.4) is 0 Å². The molecule has 0 spiro atoms. The number of nitrogens with one attached hydrogen (secondary N) is 1. The molecule has 0 bridgehead atoms. The lowest BCUT2D eigenvalue weighted by Crippen LogP contribution is -2.46. The molecule has 154 valence electrons. The minimum absolute atomic E-state index is 0.0227. The van der Waals surface area contributed by atoms with Crippen molar-refractivity contribution in [3.63, 3.8) is 0 Å². The monoisotopic (exact) mass is 397 g/mol. The summed E-state index contributed by atoms with van der Waals surface area (Å²) in [5, 5.41) is 9.16. The lowest BCUT2D eigenvalue weighted by atomic mass is 9.98. The van der Waals surface area contributed by atoms with Gasteiger partial charge in [-0.05, 0) is 37.0 Å². The summed E-state index contributed by atoms with van der Waals surface area (Å²) in [5.41, 5.74) is 3.07. The van der Waals surface area contributed by atoms with E-state index in [4.69, 9.17) is 5.11 Å². The Morgan fingerprint density at radius 2 is 1.93 bits per heavy atom. The van der Waals surface area contributed by atoms with Crippen molar-refractivity contribution in [3.05, 3.63) is 48.2 Å². The molecule has 1 aliphatic rings. The van der Waals surface area contributed by atoms with Crippen molar-refractivity contribution in [1.29, 1.82) is 0 Å². The fraction of sp³-hybridized carbons (Fsp3) is 0.409. The number of H-pyrrole nitrogens is 1. The average molecular weight is 397 g/mol. The Bertz CT molecular complexity index is 862. The summed E-state index contributed by atoms with van der Waals surface area (Å²) in [6.07, 6.45) is 2.14. The first kappa shape index (κ1) is 20.6. The topological polar surface area (TPSA) is 93.7 Å². The van der Waals surface area contributed by atoms with Crippen LogP contribution in [0.25, 0.3) is 11.3 Å². The molecule has 29 heavy (non-hydrogen) atoms. The number of carboxylic acids is 1. The fourth-order valence-electron chi connectivity index (χ4n) is 3.60. The maximum atomic E-state index is 12.4. The maximum absolute atomic E-state index is 12.4. The van der Waals surface area contributed by atoms with Crippen LogP contribution >= 0.6 is 0 Å². The molecule has 1 fully saturated rings. The molecule has 1 aliphatic heterocycles. The number of likely N-dealkylation sites (N-methyl/N-ethyl adjacent to an activating group) is 1. The molecule has 1 saturated heterocycles. The zero-order valence-electron chi connectivity index (χ0n) is 16.6. The Kier molecular flexibility index (Phi) is 6.69. The third-order valence-corrected chi connectivity index (χ3v) is 5.36. The van der Waals surface area contributed by atoms with Crippen molar-refractivity contribution in [2.45, 2.75) is 25.7 Å². The molecule has 7 nitrogen and oxygen atoms in total. The number of benzene rings is 1. The van der Waals surface area contributed by atoms with Gasteiger partial charge in [0.2, 0.25) is 11.8 Å². The third kappa shape index (κ3) is 5.47. The summed E-state index contributed by atoms with van der Waals surface area (Å²) in [4.78, 5) is 42.4. The van der Waals surface area contributed by atoms with Crippen LogP contribution in [0.15, 0.2) is 42.5 Å². The Morgan fingerprint density at radius 3 is 2.66 bits per heavy atom. The van der Waals surface area contributed by atoms with Gasteiger partial charge in [-0.15, -0.1) is 0 Å². The molecule has 1 atom stereocenters. The van der Waals surface area contributed by atoms with Gasteiger partial charge in [-0.2, -0.15) is 0 Å². The van der Waals surface area contributed by atoms with Crippen molar-refractivity contribution < 1.29 is 19.5 Å². The highest BCUT2D eigenvalue weighted by Crippen LogP contribution is 2.19. The first-order valence-corrected chi connectivity index (χ1v) is 9.92. The van der Waals surface area contributed by atoms with Crippen LogP contribution in [-0.2, 0) is 20.8 Å². The van der Waals surface area contributed by atoms with Crippen molar-refractivity contribution in [2.24, 2.45) is 5.92 Å². The molecule has 0 radical (unpaired) electrons. The summed E-state index contributed by atoms with van der Waals surface area (Å²) in [6.45, 7) is 0.751. The number of nitrogens with zero attached hydrogens (tertiary/aromatic N) is 2. The van der Waals surface area contributed by atoms with Crippen LogP contribution < -0.4 is 0 Å². The number of hydrogen-bond acceptors (Lipinski definition) is 3. The van der Waals surface area contributed by atoms with Crippen molar-refractivity contribution in [3.8, 4) is 11.3 Å². The Labute approximate surface area is 170 Å². The number of hydrogen-bond donors (Lipinski definition) is 2. The van der Waals surface area contributed by atoms with E-state index in [-0.39, 0.29) is 24.9 Å². The minimum atomic E-state index is -0.868. The summed E-state index contributed by atoms with van der Waals surface area (Å²) in [6, 6.07) is 13.9. The van der Waals surface area contributed by atoms with E-state index in [0.717, 1.165) is 17.0 Å². The summed E-state index contributed by atoms with van der Waals surface area (Å²) in [7, 11) is 1.61. The molecule has 1 unspecified atom stereocenters. The van der Waals surface area contributed by atoms with E-state index < -0.39 is 11.9 Å². The molecular formula is C22H27N3O4. The molecule has 1 aromatic carbocycles. The molecule has 3 rings (SSSR count). The van der Waals surface area contributed by atoms with Gasteiger partial charge in [0.15, 0.2) is 0 Å². The number of piperidine rings is 1. The van der Waals surface area contributed by atoms with Crippen LogP contribution in [0.5, 0.6) is 0 Å². The van der Waals surface area contributed by atoms with Gasteiger partial charge in [0.05, 0.1) is 12.5 Å². The van der Waals surface area contributed by atoms with E-state index >= 15 is 0 Å². The lowest BCUT2D eigenvalue weighted by Gasteiger charge is -2.32. The third-order valence-electron chi connectivity index (χ3n) is 5.36. The van der Waals surface area contributed by atoms with Gasteiger partial charge in [-0.1, -0.05) is 30.3 Å². The number of carbonyl (C=O) groups excluding carboxylic acids is 2. The number of carbonyl (C=O) groups is 3. The number of rotatable bonds is 7. The van der Waals surface area contributed by atoms with Crippen molar-refractivity contribution >= 4 is 17.8 Å². The highest BCUT2D eigenvalue weighted by atomic mass is 16.4. The van der Waals surface area contributed by atoms with Gasteiger partial charge in [-0.25, -0.2) is 0 Å². The number of likely N-dealkylation sites (tertiary alicyclic amines) is 1. The number of aryl methyl sites for hydroxylation is 1. The first-order chi connectivity index (χ1) is 13.9. The Balaban J connectivity index is 1.47. The van der Waals surface area contributed by atoms with E-state index in [0.29, 0.717) is 32.2 Å². The van der Waals surface area contributed by atoms with Gasteiger partial charge in [0.1, 0.15) is 0 Å². The van der Waals surface area contributed by atoms with Crippen molar-refractivity contribution in [2.75, 3.05) is 26.7 Å². The quantitative estimate of drug-likeness (QED) is 0.750. The molecule has 1 aromatic heterocycles. The SMILES string of the molecule is CN(CC(=O)N1CCCC(C(=O)O)C1)C(=O)CCc1ccc(-c2ccccc2)[nH]1. The first-order valence-electron chi connectivity index (χ1n) is 9.92. The van der Waals surface area contributed by atoms with E-state index in [1.807, 2.05) is 42.5 Å². The average Bonchev–Trinajstić information content (AvgIpc) is 3.21. The van der Waals surface area contributed by atoms with E-state index in [1.54, 1.807) is 11.9 Å². The zero-order chi connectivity index (χ0) is 20.8. The van der Waals surface area contributed by atoms with Gasteiger partial charge < -0.3 is 19.9 Å². The smallest absolute Gasteiger partial charge is 0.308 e. The van der Waals surface area contributed by atoms with Crippen LogP contribution in [-0.4, -0.2) is 64.4 Å². The molecular weight excluding hydrogens is 370 g/mol. The minimum Gasteiger partial charge on any atom is -0.481 e. The summed E-state index contributed by atoms with van der Waals surface area (Å²) < 4.78 is 0. The van der Waals surface area contributed by atoms with Crippen LogP contribution in [0.2, 0.25) is 0 Å². The molecule has 2 heterocycles. The molecule has 2 amide bonds. The highest BCUT2D eigenvalue weighted by Gasteiger charge is 2.28. The largest absolute Gasteiger partial charge is 0.481 e. The number of aromatic amines is 1. The Morgan fingerprint density at radius 1 is 1.17 bits per heavy atom. The second-order valence-electron chi connectivity index (χ2n) is 7.53. The highest BCUT2D eigenvalue weighted by molar-refractivity contribution is 5.85.